The lowest BCUT2D eigenvalue weighted by atomic mass is 9.96. The first-order chi connectivity index (χ1) is 57.3. The molecule has 13 atom stereocenters. The Balaban J connectivity index is 1.48. The van der Waals surface area contributed by atoms with E-state index < -0.39 is 149 Å². The van der Waals surface area contributed by atoms with Crippen LogP contribution in [0.25, 0.3) is 21.8 Å². The zero-order valence-corrected chi connectivity index (χ0v) is 69.8. The minimum absolute atomic E-state index is 0.00983. The Hall–Kier alpha value is -11.5. The van der Waals surface area contributed by atoms with Gasteiger partial charge in [0, 0.05) is 66.6 Å². The highest BCUT2D eigenvalue weighted by molar-refractivity contribution is 6.00. The fourth-order valence-electron chi connectivity index (χ4n) is 13.6. The first-order valence-electron chi connectivity index (χ1n) is 41.5. The van der Waals surface area contributed by atoms with Gasteiger partial charge in [-0.3, -0.25) is 67.5 Å². The molecule has 0 aliphatic carbocycles. The van der Waals surface area contributed by atoms with E-state index in [4.69, 9.17) is 57.3 Å². The van der Waals surface area contributed by atoms with Gasteiger partial charge in [0.1, 0.15) is 72.2 Å². The van der Waals surface area contributed by atoms with E-state index in [1.54, 1.807) is 38.4 Å². The van der Waals surface area contributed by atoms with Gasteiger partial charge in [-0.2, -0.15) is 0 Å². The number of hydrogen-bond acceptors (Lipinski definition) is 20. The van der Waals surface area contributed by atoms with Crippen molar-refractivity contribution in [2.45, 2.75) is 242 Å². The summed E-state index contributed by atoms with van der Waals surface area (Å²) in [5.74, 6) is -10.8. The highest BCUT2D eigenvalue weighted by atomic mass is 16.3. The molecular weight excluding hydrogens is 1540 g/mol. The van der Waals surface area contributed by atoms with Crippen molar-refractivity contribution in [3.8, 4) is 5.75 Å². The highest BCUT2D eigenvalue weighted by Crippen LogP contribution is 2.23. The van der Waals surface area contributed by atoms with Gasteiger partial charge in [0.15, 0.2) is 11.9 Å². The minimum Gasteiger partial charge on any atom is -0.508 e. The van der Waals surface area contributed by atoms with Crippen LogP contribution in [0.5, 0.6) is 5.75 Å². The number of carbonyl (C=O) groups is 12. The molecule has 38 nitrogen and oxygen atoms in total. The van der Waals surface area contributed by atoms with Gasteiger partial charge in [0.05, 0.1) is 6.04 Å². The molecule has 5 aromatic rings. The standard InChI is InChI=1S/C82H131N25O13/c1-6-48(4)68(107-77(117)62(28-14-18-38-86)100-72(112)59(25-11-15-35-83)98-70(110)49(5)97-71(111)56(87)41-47(2)3)80(120)106-66(42-50-31-33-53(108)34-32-50)78(118)103-63(29-19-39-93-81(89)90)74(114)99-61(27-13-17-37-85)76(116)105-67(44-52-46-96-58-24-10-8-22-55(52)58)79(119)102-60(26-12-16-36-84)73(113)101-64(30-20-40-94-82(91)92)75(115)104-65(69(88)109)43-51-45-95-57-23-9-7-21-54(51)57/h7-10,21-24,31-34,45-49,56,59-68,95-96,108H,6,11-20,25-30,35-44,83-87H2,1-5H3,(H2,88,109)(H,97,111)(H,98,110)(H,99,114)(H,100,112)(H,101,113)(H,102,119)(H,103,118)(H,104,115)(H,105,116)(H,106,120)(H,107,117)(H4,89,90,93)(H4,91,92,94)/t48-,49-,56-,59-,60-,61-,62-,63-,64-,65-,66-,67-,68-/m0/s1. The molecule has 0 radical (unpaired) electrons. The molecule has 0 bridgehead atoms. The van der Waals surface area contributed by atoms with Crippen LogP contribution in [0.15, 0.2) is 95.2 Å². The van der Waals surface area contributed by atoms with E-state index in [1.165, 1.54) is 31.2 Å². The first kappa shape index (κ1) is 99.1. The molecule has 2 aromatic heterocycles. The van der Waals surface area contributed by atoms with E-state index in [1.807, 2.05) is 50.2 Å². The smallest absolute Gasteiger partial charge is 0.243 e. The van der Waals surface area contributed by atoms with Gasteiger partial charge in [-0.05, 0) is 195 Å². The molecule has 12 amide bonds. The Morgan fingerprint density at radius 1 is 0.383 bits per heavy atom. The van der Waals surface area contributed by atoms with Crippen LogP contribution < -0.4 is 116 Å². The summed E-state index contributed by atoms with van der Waals surface area (Å²) in [6, 6.07) is 4.42. The van der Waals surface area contributed by atoms with Crippen molar-refractivity contribution in [2.24, 2.45) is 79.2 Å². The number of nitrogens with zero attached hydrogens (tertiary/aromatic N) is 2. The topological polar surface area (TPSA) is 674 Å². The summed E-state index contributed by atoms with van der Waals surface area (Å²) in [5.41, 5.74) is 61.5. The van der Waals surface area contributed by atoms with Gasteiger partial charge in [0.2, 0.25) is 70.9 Å². The highest BCUT2D eigenvalue weighted by Gasteiger charge is 2.38. The van der Waals surface area contributed by atoms with E-state index in [2.05, 4.69) is 78.4 Å². The van der Waals surface area contributed by atoms with Gasteiger partial charge in [-0.15, -0.1) is 0 Å². The summed E-state index contributed by atoms with van der Waals surface area (Å²) in [5, 5.41) is 42.3. The van der Waals surface area contributed by atoms with Crippen LogP contribution in [-0.2, 0) is 76.8 Å². The molecule has 0 aliphatic heterocycles. The molecule has 0 spiro atoms. The van der Waals surface area contributed by atoms with E-state index in [-0.39, 0.29) is 140 Å². The number of aliphatic imine (C=N–C) groups is 2. The zero-order chi connectivity index (χ0) is 88.4. The second-order valence-electron chi connectivity index (χ2n) is 30.8. The first-order valence-corrected chi connectivity index (χ1v) is 41.5. The molecule has 2 heterocycles. The average Bonchev–Trinajstić information content (AvgIpc) is 1.68. The van der Waals surface area contributed by atoms with Crippen LogP contribution in [0.2, 0.25) is 0 Å². The van der Waals surface area contributed by atoms with Crippen LogP contribution in [0.4, 0.5) is 0 Å². The number of nitrogens with two attached hydrogens (primary N) is 10. The second-order valence-corrected chi connectivity index (χ2v) is 30.8. The number of hydrogen-bond donors (Lipinski definition) is 24. The lowest BCUT2D eigenvalue weighted by Crippen LogP contribution is -2.61. The van der Waals surface area contributed by atoms with Gasteiger partial charge in [-0.25, -0.2) is 0 Å². The Labute approximate surface area is 700 Å². The van der Waals surface area contributed by atoms with E-state index in [9.17, 15) is 38.7 Å². The van der Waals surface area contributed by atoms with Gasteiger partial charge in [-0.1, -0.05) is 82.6 Å². The minimum atomic E-state index is -1.54. The van der Waals surface area contributed by atoms with Crippen molar-refractivity contribution in [1.29, 1.82) is 0 Å². The number of phenolic OH excluding ortho intramolecular Hbond substituents is 1. The number of guanidine groups is 2. The summed E-state index contributed by atoms with van der Waals surface area (Å²) < 4.78 is 0. The van der Waals surface area contributed by atoms with Gasteiger partial charge in [0.25, 0.3) is 0 Å². The number of aromatic amines is 2. The van der Waals surface area contributed by atoms with Crippen molar-refractivity contribution >= 4 is 105 Å². The number of H-pyrrole nitrogens is 2. The number of amides is 12. The van der Waals surface area contributed by atoms with E-state index >= 15 is 24.0 Å². The SMILES string of the molecule is CC[C@H](C)[C@H](NC(=O)[C@H](CCCCN)NC(=O)[C@H](CCCCN)NC(=O)[C@H](C)NC(=O)[C@@H](N)CC(C)C)C(=O)N[C@@H](Cc1ccc(O)cc1)C(=O)N[C@@H](CCCN=C(N)N)C(=O)N[C@@H](CCCCN)C(=O)N[C@@H](Cc1c[nH]c2ccccc12)C(=O)N[C@@H](CCCCN)C(=O)N[C@@H](CCCN=C(N)N)C(=O)N[C@@H](Cc1c[nH]c2ccccc12)C(N)=O. The predicted molar refractivity (Wildman–Crippen MR) is 460 cm³/mol. The number of benzene rings is 3. The summed E-state index contributed by atoms with van der Waals surface area (Å²) >= 11 is 0. The largest absolute Gasteiger partial charge is 0.508 e. The van der Waals surface area contributed by atoms with Crippen molar-refractivity contribution in [3.05, 3.63) is 102 Å². The normalized spacial score (nSPS) is 14.6. The maximum Gasteiger partial charge on any atom is 0.243 e. The Kier molecular flexibility index (Phi) is 43.3. The van der Waals surface area contributed by atoms with Crippen molar-refractivity contribution < 1.29 is 62.6 Å². The summed E-state index contributed by atoms with van der Waals surface area (Å²) in [7, 11) is 0. The summed E-state index contributed by atoms with van der Waals surface area (Å²) in [6.45, 7) is 9.63. The summed E-state index contributed by atoms with van der Waals surface area (Å²) in [4.78, 5) is 189. The monoisotopic (exact) mass is 1670 g/mol. The number of fused-ring (bicyclic) bond motifs is 2. The molecule has 120 heavy (non-hydrogen) atoms. The maximum absolute atomic E-state index is 15.3. The molecule has 0 unspecified atom stereocenters. The molecule has 0 saturated heterocycles. The van der Waals surface area contributed by atoms with Gasteiger partial charge < -0.3 is 131 Å². The fraction of sp³-hybridized carbons (Fsp3) is 0.561. The Morgan fingerprint density at radius 3 is 1.09 bits per heavy atom. The maximum atomic E-state index is 15.3. The average molecular weight is 1680 g/mol. The summed E-state index contributed by atoms with van der Waals surface area (Å²) in [6.07, 6.45) is 6.58. The number of rotatable bonds is 57. The molecular formula is C82H131N25O13. The van der Waals surface area contributed by atoms with Crippen LogP contribution in [0.3, 0.4) is 0 Å². The Bertz CT molecular complexity index is 4180. The predicted octanol–water partition coefficient (Wildman–Crippen LogP) is -1.74. The van der Waals surface area contributed by atoms with Gasteiger partial charge >= 0.3 is 0 Å². The third kappa shape index (κ3) is 34.1. The zero-order valence-electron chi connectivity index (χ0n) is 69.8. The number of primary amides is 1. The number of aromatic hydroxyl groups is 1. The number of para-hydroxylation sites is 2. The van der Waals surface area contributed by atoms with E-state index in [0.717, 1.165) is 10.9 Å². The quantitative estimate of drug-likeness (QED) is 0.0117. The molecule has 34 N–H and O–H groups in total. The molecule has 0 aliphatic rings. The number of nitrogens with one attached hydrogen (secondary N) is 13. The molecule has 38 heteroatoms. The second kappa shape index (κ2) is 52.4. The van der Waals surface area contributed by atoms with Crippen molar-refractivity contribution in [1.82, 2.24) is 68.5 Å². The third-order valence-electron chi connectivity index (χ3n) is 20.6. The number of aromatic nitrogens is 2. The van der Waals surface area contributed by atoms with Crippen LogP contribution in [0.1, 0.15) is 167 Å². The molecule has 3 aromatic carbocycles. The van der Waals surface area contributed by atoms with Crippen LogP contribution in [-0.4, -0.2) is 210 Å². The van der Waals surface area contributed by atoms with E-state index in [0.29, 0.717) is 85.4 Å². The lowest BCUT2D eigenvalue weighted by Gasteiger charge is -2.30. The Morgan fingerprint density at radius 2 is 0.717 bits per heavy atom. The number of unbranched alkanes of at least 4 members (excludes halogenated alkanes) is 4. The fourth-order valence-corrected chi connectivity index (χ4v) is 13.6. The molecule has 5 rings (SSSR count). The van der Waals surface area contributed by atoms with Crippen molar-refractivity contribution in [2.75, 3.05) is 39.3 Å². The molecule has 662 valence electrons. The molecule has 0 fully saturated rings. The van der Waals surface area contributed by atoms with Crippen molar-refractivity contribution in [3.63, 3.8) is 0 Å². The van der Waals surface area contributed by atoms with Crippen LogP contribution in [0, 0.1) is 11.8 Å². The molecule has 0 saturated carbocycles. The number of carbonyl (C=O) groups excluding carboxylic acids is 12. The van der Waals surface area contributed by atoms with Crippen LogP contribution >= 0.6 is 0 Å². The third-order valence-corrected chi connectivity index (χ3v) is 20.6. The lowest BCUT2D eigenvalue weighted by molar-refractivity contribution is -0.136. The number of phenols is 1.